The van der Waals surface area contributed by atoms with Crippen LogP contribution >= 0.6 is 0 Å². The molecule has 1 aromatic carbocycles. The molecular weight excluding hydrogens is 218 g/mol. The summed E-state index contributed by atoms with van der Waals surface area (Å²) in [5, 5.41) is 6.75. The van der Waals surface area contributed by atoms with Gasteiger partial charge in [-0.1, -0.05) is 30.3 Å². The number of carbonyl (C=O) groups excluding carboxylic acids is 1. The fourth-order valence-electron chi connectivity index (χ4n) is 1.39. The highest BCUT2D eigenvalue weighted by molar-refractivity contribution is 5.92. The molecule has 17 heavy (non-hydrogen) atoms. The van der Waals surface area contributed by atoms with Crippen molar-refractivity contribution in [3.05, 3.63) is 42.1 Å². The van der Waals surface area contributed by atoms with Crippen molar-refractivity contribution in [3.63, 3.8) is 0 Å². The van der Waals surface area contributed by atoms with Crippen LogP contribution in [0.4, 0.5) is 0 Å². The first-order valence-corrected chi connectivity index (χ1v) is 5.34. The zero-order chi connectivity index (χ0) is 12.1. The van der Waals surface area contributed by atoms with Gasteiger partial charge in [0.25, 0.3) is 5.91 Å². The Morgan fingerprint density at radius 1 is 1.41 bits per heavy atom. The fraction of sp³-hybridized carbons (Fsp3) is 0.167. The Morgan fingerprint density at radius 2 is 2.18 bits per heavy atom. The topological polar surface area (TPSA) is 67.0 Å². The third-order valence-corrected chi connectivity index (χ3v) is 2.20. The number of hydrogen-bond donors (Lipinski definition) is 2. The summed E-state index contributed by atoms with van der Waals surface area (Å²) >= 11 is 0. The van der Waals surface area contributed by atoms with Gasteiger partial charge in [-0.05, 0) is 13.0 Å². The Balaban J connectivity index is 2.14. The number of benzene rings is 1. The summed E-state index contributed by atoms with van der Waals surface area (Å²) < 4.78 is 0. The number of hydroxylamine groups is 1. The average molecular weight is 231 g/mol. The Kier molecular flexibility index (Phi) is 3.52. The van der Waals surface area contributed by atoms with Crippen LogP contribution < -0.4 is 5.48 Å². The molecule has 0 atom stereocenters. The zero-order valence-corrected chi connectivity index (χ0v) is 9.43. The highest BCUT2D eigenvalue weighted by Crippen LogP contribution is 2.16. The summed E-state index contributed by atoms with van der Waals surface area (Å²) in [4.78, 5) is 16.4. The maximum atomic E-state index is 11.5. The lowest BCUT2D eigenvalue weighted by molar-refractivity contribution is 0.0360. The Morgan fingerprint density at radius 3 is 2.88 bits per heavy atom. The first-order valence-electron chi connectivity index (χ1n) is 5.34. The molecule has 0 spiro atoms. The number of amides is 1. The normalized spacial score (nSPS) is 10.2. The molecule has 5 heteroatoms. The molecular formula is C12H13N3O2. The second-order valence-electron chi connectivity index (χ2n) is 3.40. The number of nitrogens with zero attached hydrogens (tertiary/aromatic N) is 1. The van der Waals surface area contributed by atoms with Crippen LogP contribution in [0.2, 0.25) is 0 Å². The van der Waals surface area contributed by atoms with E-state index in [4.69, 9.17) is 4.84 Å². The predicted octanol–water partition coefficient (Wildman–Crippen LogP) is 1.76. The molecule has 0 unspecified atom stereocenters. The van der Waals surface area contributed by atoms with E-state index in [2.05, 4.69) is 15.7 Å². The van der Waals surface area contributed by atoms with E-state index < -0.39 is 0 Å². The van der Waals surface area contributed by atoms with E-state index >= 15 is 0 Å². The van der Waals surface area contributed by atoms with Gasteiger partial charge in [0, 0.05) is 5.56 Å². The monoisotopic (exact) mass is 231 g/mol. The van der Waals surface area contributed by atoms with Gasteiger partial charge in [-0.25, -0.2) is 5.48 Å². The minimum atomic E-state index is -0.332. The maximum Gasteiger partial charge on any atom is 0.292 e. The van der Waals surface area contributed by atoms with Crippen molar-refractivity contribution in [2.75, 3.05) is 6.61 Å². The summed E-state index contributed by atoms with van der Waals surface area (Å²) in [6.07, 6.45) is 0. The molecule has 0 aliphatic carbocycles. The van der Waals surface area contributed by atoms with Gasteiger partial charge in [-0.2, -0.15) is 5.10 Å². The Bertz CT molecular complexity index is 493. The van der Waals surface area contributed by atoms with E-state index in [1.807, 2.05) is 30.3 Å². The minimum absolute atomic E-state index is 0.332. The molecule has 2 N–H and O–H groups in total. The summed E-state index contributed by atoms with van der Waals surface area (Å²) in [5.74, 6) is -0.332. The number of hydrogen-bond acceptors (Lipinski definition) is 3. The van der Waals surface area contributed by atoms with E-state index in [0.29, 0.717) is 12.3 Å². The van der Waals surface area contributed by atoms with Gasteiger partial charge >= 0.3 is 0 Å². The van der Waals surface area contributed by atoms with Gasteiger partial charge in [-0.15, -0.1) is 0 Å². The van der Waals surface area contributed by atoms with Crippen LogP contribution in [-0.4, -0.2) is 22.7 Å². The molecule has 0 radical (unpaired) electrons. The van der Waals surface area contributed by atoms with Crippen molar-refractivity contribution >= 4 is 5.91 Å². The van der Waals surface area contributed by atoms with Crippen molar-refractivity contribution in [3.8, 4) is 11.3 Å². The van der Waals surface area contributed by atoms with Crippen LogP contribution in [0.5, 0.6) is 0 Å². The van der Waals surface area contributed by atoms with E-state index in [0.717, 1.165) is 11.3 Å². The van der Waals surface area contributed by atoms with Gasteiger partial charge in [0.15, 0.2) is 0 Å². The molecule has 1 amide bonds. The van der Waals surface area contributed by atoms with E-state index in [1.165, 1.54) is 0 Å². The number of nitrogens with one attached hydrogen (secondary N) is 2. The SMILES string of the molecule is CCONC(=O)c1cc(-c2ccccc2)n[nH]1. The van der Waals surface area contributed by atoms with E-state index in [9.17, 15) is 4.79 Å². The average Bonchev–Trinajstić information content (AvgIpc) is 2.86. The van der Waals surface area contributed by atoms with Gasteiger partial charge < -0.3 is 0 Å². The lowest BCUT2D eigenvalue weighted by atomic mass is 10.1. The van der Waals surface area contributed by atoms with Gasteiger partial charge in [-0.3, -0.25) is 14.7 Å². The quantitative estimate of drug-likeness (QED) is 0.788. The highest BCUT2D eigenvalue weighted by atomic mass is 16.6. The number of aromatic amines is 1. The fourth-order valence-corrected chi connectivity index (χ4v) is 1.39. The van der Waals surface area contributed by atoms with Crippen molar-refractivity contribution in [2.45, 2.75) is 6.92 Å². The largest absolute Gasteiger partial charge is 0.292 e. The van der Waals surface area contributed by atoms with Crippen LogP contribution in [0.25, 0.3) is 11.3 Å². The highest BCUT2D eigenvalue weighted by Gasteiger charge is 2.10. The molecule has 0 saturated carbocycles. The molecule has 2 rings (SSSR count). The molecule has 0 bridgehead atoms. The maximum absolute atomic E-state index is 11.5. The van der Waals surface area contributed by atoms with Crippen molar-refractivity contribution in [1.82, 2.24) is 15.7 Å². The zero-order valence-electron chi connectivity index (χ0n) is 9.43. The number of rotatable bonds is 4. The van der Waals surface area contributed by atoms with Crippen LogP contribution in [0, 0.1) is 0 Å². The van der Waals surface area contributed by atoms with E-state index in [-0.39, 0.29) is 5.91 Å². The smallest absolute Gasteiger partial charge is 0.274 e. The molecule has 0 aliphatic heterocycles. The van der Waals surface area contributed by atoms with Crippen LogP contribution in [0.15, 0.2) is 36.4 Å². The molecule has 1 heterocycles. The lowest BCUT2D eigenvalue weighted by Gasteiger charge is -1.99. The minimum Gasteiger partial charge on any atom is -0.274 e. The van der Waals surface area contributed by atoms with Crippen LogP contribution in [0.3, 0.4) is 0 Å². The first kappa shape index (κ1) is 11.3. The molecule has 1 aromatic heterocycles. The van der Waals surface area contributed by atoms with Crippen molar-refractivity contribution in [1.29, 1.82) is 0 Å². The molecule has 0 aliphatic rings. The summed E-state index contributed by atoms with van der Waals surface area (Å²) in [6, 6.07) is 11.3. The van der Waals surface area contributed by atoms with Crippen LogP contribution in [0.1, 0.15) is 17.4 Å². The summed E-state index contributed by atoms with van der Waals surface area (Å²) in [7, 11) is 0. The summed E-state index contributed by atoms with van der Waals surface area (Å²) in [6.45, 7) is 2.22. The third-order valence-electron chi connectivity index (χ3n) is 2.20. The Labute approximate surface area is 98.8 Å². The van der Waals surface area contributed by atoms with Crippen LogP contribution in [-0.2, 0) is 4.84 Å². The number of H-pyrrole nitrogens is 1. The molecule has 2 aromatic rings. The first-order chi connectivity index (χ1) is 8.31. The molecule has 5 nitrogen and oxygen atoms in total. The third kappa shape index (κ3) is 2.70. The second-order valence-corrected chi connectivity index (χ2v) is 3.40. The number of aromatic nitrogens is 2. The van der Waals surface area contributed by atoms with Gasteiger partial charge in [0.05, 0.1) is 12.3 Å². The number of carbonyl (C=O) groups is 1. The van der Waals surface area contributed by atoms with E-state index in [1.54, 1.807) is 13.0 Å². The standard InChI is InChI=1S/C12H13N3O2/c1-2-17-15-12(16)11-8-10(13-14-11)9-6-4-3-5-7-9/h3-8H,2H2,1H3,(H,13,14)(H,15,16). The second kappa shape index (κ2) is 5.27. The molecule has 0 saturated heterocycles. The van der Waals surface area contributed by atoms with Gasteiger partial charge in [0.1, 0.15) is 5.69 Å². The predicted molar refractivity (Wildman–Crippen MR) is 63.1 cm³/mol. The summed E-state index contributed by atoms with van der Waals surface area (Å²) in [5.41, 5.74) is 4.36. The van der Waals surface area contributed by atoms with Crippen molar-refractivity contribution < 1.29 is 9.63 Å². The van der Waals surface area contributed by atoms with Gasteiger partial charge in [0.2, 0.25) is 0 Å². The molecule has 0 fully saturated rings. The lowest BCUT2D eigenvalue weighted by Crippen LogP contribution is -2.23. The molecule has 88 valence electrons. The Hall–Kier alpha value is -2.14. The van der Waals surface area contributed by atoms with Crippen molar-refractivity contribution in [2.24, 2.45) is 0 Å².